The lowest BCUT2D eigenvalue weighted by molar-refractivity contribution is -0.135. The molecule has 0 radical (unpaired) electrons. The summed E-state index contributed by atoms with van der Waals surface area (Å²) in [6.07, 6.45) is -4.24. The molecule has 0 aliphatic rings. The minimum absolute atomic E-state index is 0.218. The molecule has 0 amide bonds. The second-order valence-electron chi connectivity index (χ2n) is 4.56. The average Bonchev–Trinajstić information content (AvgIpc) is 2.41. The van der Waals surface area contributed by atoms with Crippen LogP contribution in [0, 0.1) is 0 Å². The van der Waals surface area contributed by atoms with E-state index in [0.717, 1.165) is 22.4 Å². The molecular formula is C15H15F3N2S. The molecule has 2 rings (SSSR count). The molecule has 0 aliphatic carbocycles. The molecule has 0 fully saturated rings. The second-order valence-corrected chi connectivity index (χ2v) is 5.73. The van der Waals surface area contributed by atoms with Crippen molar-refractivity contribution >= 4 is 17.6 Å². The summed E-state index contributed by atoms with van der Waals surface area (Å²) in [5.74, 6) is 0. The highest BCUT2D eigenvalue weighted by molar-refractivity contribution is 7.97. The van der Waals surface area contributed by atoms with Gasteiger partial charge < -0.3 is 5.73 Å². The lowest BCUT2D eigenvalue weighted by atomic mass is 10.2. The first kappa shape index (κ1) is 15.7. The van der Waals surface area contributed by atoms with Crippen molar-refractivity contribution in [1.82, 2.24) is 4.31 Å². The number of hydrogen-bond donors (Lipinski definition) is 1. The lowest BCUT2D eigenvalue weighted by Gasteiger charge is -2.22. The number of hydrogen-bond acceptors (Lipinski definition) is 3. The van der Waals surface area contributed by atoms with Crippen LogP contribution < -0.4 is 5.73 Å². The average molecular weight is 312 g/mol. The van der Waals surface area contributed by atoms with Crippen molar-refractivity contribution in [2.75, 3.05) is 12.3 Å². The first-order valence-corrected chi connectivity index (χ1v) is 7.09. The van der Waals surface area contributed by atoms with Gasteiger partial charge in [0.2, 0.25) is 0 Å². The maximum absolute atomic E-state index is 12.7. The molecule has 0 aromatic heterocycles. The SMILES string of the molecule is Nc1ccc(SN(Cc2ccccc2)CC(F)(F)F)cc1. The lowest BCUT2D eigenvalue weighted by Crippen LogP contribution is -2.28. The third-order valence-electron chi connectivity index (χ3n) is 2.67. The van der Waals surface area contributed by atoms with Crippen LogP contribution in [0.4, 0.5) is 18.9 Å². The van der Waals surface area contributed by atoms with Crippen LogP contribution in [0.25, 0.3) is 0 Å². The van der Waals surface area contributed by atoms with Crippen molar-refractivity contribution in [2.24, 2.45) is 0 Å². The minimum Gasteiger partial charge on any atom is -0.399 e. The van der Waals surface area contributed by atoms with Crippen molar-refractivity contribution < 1.29 is 13.2 Å². The normalized spacial score (nSPS) is 11.8. The number of nitrogens with zero attached hydrogens (tertiary/aromatic N) is 1. The molecule has 0 unspecified atom stereocenters. The number of anilines is 1. The summed E-state index contributed by atoms with van der Waals surface area (Å²) in [7, 11) is 0. The largest absolute Gasteiger partial charge is 0.402 e. The van der Waals surface area contributed by atoms with Crippen LogP contribution in [0.15, 0.2) is 59.5 Å². The Morgan fingerprint density at radius 1 is 0.952 bits per heavy atom. The van der Waals surface area contributed by atoms with E-state index < -0.39 is 12.7 Å². The molecule has 2 N–H and O–H groups in total. The Kier molecular flexibility index (Phi) is 5.14. The molecule has 112 valence electrons. The summed E-state index contributed by atoms with van der Waals surface area (Å²) in [6, 6.07) is 15.9. The fraction of sp³-hybridized carbons (Fsp3) is 0.200. The summed E-state index contributed by atoms with van der Waals surface area (Å²) < 4.78 is 39.4. The molecule has 2 nitrogen and oxygen atoms in total. The Morgan fingerprint density at radius 2 is 1.57 bits per heavy atom. The van der Waals surface area contributed by atoms with Crippen LogP contribution >= 0.6 is 11.9 Å². The zero-order valence-electron chi connectivity index (χ0n) is 11.2. The van der Waals surface area contributed by atoms with E-state index in [1.807, 2.05) is 30.3 Å². The fourth-order valence-corrected chi connectivity index (χ4v) is 2.77. The van der Waals surface area contributed by atoms with E-state index in [9.17, 15) is 13.2 Å². The molecule has 2 aromatic carbocycles. The predicted octanol–water partition coefficient (Wildman–Crippen LogP) is 4.34. The Balaban J connectivity index is 2.10. The summed E-state index contributed by atoms with van der Waals surface area (Å²) in [5, 5.41) is 0. The van der Waals surface area contributed by atoms with Crippen LogP contribution in [-0.4, -0.2) is 17.0 Å². The molecular weight excluding hydrogens is 297 g/mol. The monoisotopic (exact) mass is 312 g/mol. The van der Waals surface area contributed by atoms with Gasteiger partial charge in [-0.25, -0.2) is 4.31 Å². The van der Waals surface area contributed by atoms with E-state index >= 15 is 0 Å². The second kappa shape index (κ2) is 6.87. The van der Waals surface area contributed by atoms with Crippen molar-refractivity contribution in [1.29, 1.82) is 0 Å². The van der Waals surface area contributed by atoms with Crippen molar-refractivity contribution in [3.63, 3.8) is 0 Å². The predicted molar refractivity (Wildman–Crippen MR) is 79.6 cm³/mol. The number of benzene rings is 2. The first-order chi connectivity index (χ1) is 9.92. The van der Waals surface area contributed by atoms with Crippen molar-refractivity contribution in [3.05, 3.63) is 60.2 Å². The highest BCUT2D eigenvalue weighted by Gasteiger charge is 2.31. The topological polar surface area (TPSA) is 29.3 Å². The third-order valence-corrected chi connectivity index (χ3v) is 3.67. The quantitative estimate of drug-likeness (QED) is 0.658. The van der Waals surface area contributed by atoms with Gasteiger partial charge >= 0.3 is 6.18 Å². The molecule has 0 atom stereocenters. The van der Waals surface area contributed by atoms with Gasteiger partial charge in [-0.15, -0.1) is 0 Å². The Bertz CT molecular complexity index is 555. The minimum atomic E-state index is -4.24. The number of nitrogen functional groups attached to an aromatic ring is 1. The summed E-state index contributed by atoms with van der Waals surface area (Å²) >= 11 is 1.08. The highest BCUT2D eigenvalue weighted by Crippen LogP contribution is 2.29. The maximum atomic E-state index is 12.7. The van der Waals surface area contributed by atoms with Gasteiger partial charge in [0.05, 0.1) is 0 Å². The standard InChI is InChI=1S/C15H15F3N2S/c16-15(17,18)11-20(10-12-4-2-1-3-5-12)21-14-8-6-13(19)7-9-14/h1-9H,10-11,19H2. The first-order valence-electron chi connectivity index (χ1n) is 6.31. The van der Waals surface area contributed by atoms with Gasteiger partial charge in [0.1, 0.15) is 6.54 Å². The number of alkyl halides is 3. The number of rotatable bonds is 5. The molecule has 0 heterocycles. The zero-order chi connectivity index (χ0) is 15.3. The van der Waals surface area contributed by atoms with Crippen LogP contribution in [0.5, 0.6) is 0 Å². The van der Waals surface area contributed by atoms with Crippen molar-refractivity contribution in [3.8, 4) is 0 Å². The molecule has 2 aromatic rings. The van der Waals surface area contributed by atoms with Crippen LogP contribution in [0.2, 0.25) is 0 Å². The van der Waals surface area contributed by atoms with Gasteiger partial charge in [0.25, 0.3) is 0 Å². The summed E-state index contributed by atoms with van der Waals surface area (Å²) in [6.45, 7) is -0.758. The third kappa shape index (κ3) is 5.69. The molecule has 0 bridgehead atoms. The molecule has 6 heteroatoms. The van der Waals surface area contributed by atoms with E-state index in [0.29, 0.717) is 5.69 Å². The zero-order valence-corrected chi connectivity index (χ0v) is 12.0. The Hall–Kier alpha value is -1.66. The fourth-order valence-electron chi connectivity index (χ4n) is 1.79. The van der Waals surface area contributed by atoms with E-state index in [4.69, 9.17) is 5.73 Å². The van der Waals surface area contributed by atoms with Gasteiger partial charge in [-0.3, -0.25) is 0 Å². The van der Waals surface area contributed by atoms with Crippen molar-refractivity contribution in [2.45, 2.75) is 17.6 Å². The Morgan fingerprint density at radius 3 is 2.14 bits per heavy atom. The van der Waals surface area contributed by atoms with E-state index in [1.165, 1.54) is 4.31 Å². The molecule has 0 spiro atoms. The molecule has 0 aliphatic heterocycles. The van der Waals surface area contributed by atoms with Gasteiger partial charge in [0.15, 0.2) is 0 Å². The van der Waals surface area contributed by atoms with Gasteiger partial charge in [-0.05, 0) is 41.8 Å². The number of nitrogens with two attached hydrogens (primary N) is 1. The van der Waals surface area contributed by atoms with E-state index in [-0.39, 0.29) is 6.54 Å². The van der Waals surface area contributed by atoms with Crippen LogP contribution in [0.3, 0.4) is 0 Å². The summed E-state index contributed by atoms with van der Waals surface area (Å²) in [5.41, 5.74) is 7.01. The van der Waals surface area contributed by atoms with Crippen LogP contribution in [-0.2, 0) is 6.54 Å². The molecule has 21 heavy (non-hydrogen) atoms. The highest BCUT2D eigenvalue weighted by atomic mass is 32.2. The van der Waals surface area contributed by atoms with Gasteiger partial charge in [0, 0.05) is 17.1 Å². The van der Waals surface area contributed by atoms with Crippen LogP contribution in [0.1, 0.15) is 5.56 Å². The molecule has 0 saturated carbocycles. The van der Waals surface area contributed by atoms with E-state index in [1.54, 1.807) is 24.3 Å². The number of halogens is 3. The Labute approximate surface area is 125 Å². The van der Waals surface area contributed by atoms with Gasteiger partial charge in [-0.1, -0.05) is 30.3 Å². The summed E-state index contributed by atoms with van der Waals surface area (Å²) in [4.78, 5) is 0.726. The smallest absolute Gasteiger partial charge is 0.399 e. The van der Waals surface area contributed by atoms with E-state index in [2.05, 4.69) is 0 Å². The molecule has 0 saturated heterocycles. The maximum Gasteiger partial charge on any atom is 0.402 e. The van der Waals surface area contributed by atoms with Gasteiger partial charge in [-0.2, -0.15) is 13.2 Å².